The number of rotatable bonds is 8. The Hall–Kier alpha value is -3.78. The third-order valence-corrected chi connectivity index (χ3v) is 5.93. The van der Waals surface area contributed by atoms with Gasteiger partial charge < -0.3 is 15.2 Å². The summed E-state index contributed by atoms with van der Waals surface area (Å²) in [5, 5.41) is 9.84. The molecule has 2 N–H and O–H groups in total. The molecule has 0 bridgehead atoms. The number of piperidine rings is 1. The summed E-state index contributed by atoms with van der Waals surface area (Å²) in [7, 11) is 0. The normalized spacial score (nSPS) is 16.1. The number of nitrogens with zero attached hydrogens (tertiary/aromatic N) is 3. The maximum Gasteiger partial charge on any atom is 0.253 e. The Morgan fingerprint density at radius 1 is 1.21 bits per heavy atom. The Labute approximate surface area is 199 Å². The molecule has 1 fully saturated rings. The SMILES string of the molecule is C=CCNC(=O)c1ccccc1NC(=O)C1CCCN(Cc2nc(-c3ccccc3C)no2)C1. The lowest BCUT2D eigenvalue weighted by Gasteiger charge is -2.31. The van der Waals surface area contributed by atoms with Gasteiger partial charge in [-0.3, -0.25) is 14.5 Å². The van der Waals surface area contributed by atoms with Crippen molar-refractivity contribution in [2.45, 2.75) is 26.3 Å². The standard InChI is InChI=1S/C26H29N5O3/c1-3-14-27-26(33)21-12-6-7-13-22(21)28-25(32)19-10-8-15-31(16-19)17-23-29-24(30-34-23)20-11-5-4-9-18(20)2/h3-7,9,11-13,19H,1,8,10,14-17H2,2H3,(H,27,33)(H,28,32). The molecule has 8 heteroatoms. The number of likely N-dealkylation sites (tertiary alicyclic amines) is 1. The zero-order chi connectivity index (χ0) is 23.9. The van der Waals surface area contributed by atoms with Gasteiger partial charge in [-0.2, -0.15) is 4.98 Å². The molecule has 1 aliphatic heterocycles. The van der Waals surface area contributed by atoms with Crippen LogP contribution in [0.3, 0.4) is 0 Å². The van der Waals surface area contributed by atoms with Crippen molar-refractivity contribution in [3.8, 4) is 11.4 Å². The van der Waals surface area contributed by atoms with Crippen LogP contribution in [0.15, 0.2) is 65.7 Å². The number of aryl methyl sites for hydroxylation is 1. The zero-order valence-corrected chi connectivity index (χ0v) is 19.3. The molecule has 8 nitrogen and oxygen atoms in total. The van der Waals surface area contributed by atoms with Gasteiger partial charge in [-0.05, 0) is 44.0 Å². The molecule has 1 aliphatic rings. The van der Waals surface area contributed by atoms with E-state index in [0.717, 1.165) is 30.5 Å². The van der Waals surface area contributed by atoms with Crippen LogP contribution in [0.2, 0.25) is 0 Å². The minimum Gasteiger partial charge on any atom is -0.349 e. The molecule has 0 aliphatic carbocycles. The second kappa shape index (κ2) is 10.9. The monoisotopic (exact) mass is 459 g/mol. The van der Waals surface area contributed by atoms with Gasteiger partial charge >= 0.3 is 0 Å². The quantitative estimate of drug-likeness (QED) is 0.497. The molecule has 3 aromatic rings. The summed E-state index contributed by atoms with van der Waals surface area (Å²) in [5.41, 5.74) is 2.97. The second-order valence-corrected chi connectivity index (χ2v) is 8.43. The third-order valence-electron chi connectivity index (χ3n) is 5.93. The van der Waals surface area contributed by atoms with Crippen molar-refractivity contribution in [2.24, 2.45) is 5.92 Å². The summed E-state index contributed by atoms with van der Waals surface area (Å²) in [6.45, 7) is 7.91. The van der Waals surface area contributed by atoms with E-state index in [1.54, 1.807) is 30.3 Å². The number of aromatic nitrogens is 2. The molecule has 34 heavy (non-hydrogen) atoms. The summed E-state index contributed by atoms with van der Waals surface area (Å²) in [6, 6.07) is 14.9. The number of nitrogens with one attached hydrogen (secondary N) is 2. The molecule has 4 rings (SSSR count). The van der Waals surface area contributed by atoms with E-state index in [4.69, 9.17) is 4.52 Å². The van der Waals surface area contributed by atoms with Crippen LogP contribution in [-0.2, 0) is 11.3 Å². The fourth-order valence-electron chi connectivity index (χ4n) is 4.14. The molecule has 1 saturated heterocycles. The third kappa shape index (κ3) is 5.58. The van der Waals surface area contributed by atoms with Gasteiger partial charge in [0, 0.05) is 18.7 Å². The Morgan fingerprint density at radius 3 is 2.82 bits per heavy atom. The van der Waals surface area contributed by atoms with Gasteiger partial charge in [-0.1, -0.05) is 47.6 Å². The molecule has 1 aromatic heterocycles. The van der Waals surface area contributed by atoms with E-state index < -0.39 is 0 Å². The van der Waals surface area contributed by atoms with Crippen LogP contribution in [0.1, 0.15) is 34.7 Å². The topological polar surface area (TPSA) is 100 Å². The van der Waals surface area contributed by atoms with Gasteiger partial charge in [-0.25, -0.2) is 0 Å². The molecular weight excluding hydrogens is 430 g/mol. The Kier molecular flexibility index (Phi) is 7.49. The lowest BCUT2D eigenvalue weighted by atomic mass is 9.96. The van der Waals surface area contributed by atoms with Gasteiger partial charge in [0.2, 0.25) is 17.6 Å². The number of amides is 2. The van der Waals surface area contributed by atoms with Crippen LogP contribution < -0.4 is 10.6 Å². The number of para-hydroxylation sites is 1. The van der Waals surface area contributed by atoms with Crippen molar-refractivity contribution in [2.75, 3.05) is 25.0 Å². The van der Waals surface area contributed by atoms with E-state index in [-0.39, 0.29) is 17.7 Å². The van der Waals surface area contributed by atoms with E-state index in [1.165, 1.54) is 0 Å². The van der Waals surface area contributed by atoms with Crippen molar-refractivity contribution in [3.05, 3.63) is 78.2 Å². The fraction of sp³-hybridized carbons (Fsp3) is 0.308. The first-order valence-corrected chi connectivity index (χ1v) is 11.4. The predicted octanol–water partition coefficient (Wildman–Crippen LogP) is 3.81. The van der Waals surface area contributed by atoms with E-state index in [9.17, 15) is 9.59 Å². The molecule has 176 valence electrons. The molecule has 0 radical (unpaired) electrons. The number of carbonyl (C=O) groups is 2. The molecule has 2 aromatic carbocycles. The highest BCUT2D eigenvalue weighted by atomic mass is 16.5. The molecule has 0 saturated carbocycles. The summed E-state index contributed by atoms with van der Waals surface area (Å²) in [4.78, 5) is 32.2. The fourth-order valence-corrected chi connectivity index (χ4v) is 4.14. The van der Waals surface area contributed by atoms with E-state index in [1.807, 2.05) is 31.2 Å². The summed E-state index contributed by atoms with van der Waals surface area (Å²) in [6.07, 6.45) is 3.28. The van der Waals surface area contributed by atoms with E-state index in [2.05, 4.69) is 32.3 Å². The first-order valence-electron chi connectivity index (χ1n) is 11.4. The minimum absolute atomic E-state index is 0.0974. The van der Waals surface area contributed by atoms with Gasteiger partial charge in [0.1, 0.15) is 0 Å². The van der Waals surface area contributed by atoms with Crippen molar-refractivity contribution < 1.29 is 14.1 Å². The number of hydrogen-bond acceptors (Lipinski definition) is 6. The van der Waals surface area contributed by atoms with Crippen LogP contribution in [0.4, 0.5) is 5.69 Å². The molecule has 1 unspecified atom stereocenters. The largest absolute Gasteiger partial charge is 0.349 e. The van der Waals surface area contributed by atoms with E-state index in [0.29, 0.717) is 42.6 Å². The lowest BCUT2D eigenvalue weighted by Crippen LogP contribution is -2.40. The Morgan fingerprint density at radius 2 is 2.00 bits per heavy atom. The van der Waals surface area contributed by atoms with Crippen LogP contribution in [0, 0.1) is 12.8 Å². The number of benzene rings is 2. The Bertz CT molecular complexity index is 1170. The first kappa shape index (κ1) is 23.4. The lowest BCUT2D eigenvalue weighted by molar-refractivity contribution is -0.121. The highest BCUT2D eigenvalue weighted by Crippen LogP contribution is 2.24. The highest BCUT2D eigenvalue weighted by molar-refractivity contribution is 6.04. The van der Waals surface area contributed by atoms with Crippen LogP contribution in [0.25, 0.3) is 11.4 Å². The highest BCUT2D eigenvalue weighted by Gasteiger charge is 2.28. The number of anilines is 1. The van der Waals surface area contributed by atoms with Gasteiger partial charge in [0.15, 0.2) is 0 Å². The maximum atomic E-state index is 13.0. The van der Waals surface area contributed by atoms with Crippen molar-refractivity contribution >= 4 is 17.5 Å². The molecule has 2 heterocycles. The van der Waals surface area contributed by atoms with Crippen LogP contribution in [-0.4, -0.2) is 46.5 Å². The predicted molar refractivity (Wildman–Crippen MR) is 130 cm³/mol. The summed E-state index contributed by atoms with van der Waals surface area (Å²) < 4.78 is 5.49. The zero-order valence-electron chi connectivity index (χ0n) is 19.3. The number of hydrogen-bond donors (Lipinski definition) is 2. The smallest absolute Gasteiger partial charge is 0.253 e. The van der Waals surface area contributed by atoms with Crippen molar-refractivity contribution in [1.29, 1.82) is 0 Å². The average molecular weight is 460 g/mol. The van der Waals surface area contributed by atoms with Crippen molar-refractivity contribution in [1.82, 2.24) is 20.4 Å². The van der Waals surface area contributed by atoms with Crippen LogP contribution in [0.5, 0.6) is 0 Å². The van der Waals surface area contributed by atoms with Gasteiger partial charge in [-0.15, -0.1) is 6.58 Å². The first-order chi connectivity index (χ1) is 16.5. The average Bonchev–Trinajstić information content (AvgIpc) is 3.31. The molecular formula is C26H29N5O3. The minimum atomic E-state index is -0.248. The van der Waals surface area contributed by atoms with Gasteiger partial charge in [0.25, 0.3) is 5.91 Å². The molecule has 1 atom stereocenters. The second-order valence-electron chi connectivity index (χ2n) is 8.43. The van der Waals surface area contributed by atoms with Gasteiger partial charge in [0.05, 0.1) is 23.7 Å². The summed E-state index contributed by atoms with van der Waals surface area (Å²) in [5.74, 6) is 0.563. The van der Waals surface area contributed by atoms with Crippen LogP contribution >= 0.6 is 0 Å². The summed E-state index contributed by atoms with van der Waals surface area (Å²) >= 11 is 0. The Balaban J connectivity index is 1.38. The molecule has 2 amide bonds. The van der Waals surface area contributed by atoms with Crippen molar-refractivity contribution in [3.63, 3.8) is 0 Å². The molecule has 0 spiro atoms. The number of carbonyl (C=O) groups excluding carboxylic acids is 2. The maximum absolute atomic E-state index is 13.0. The van der Waals surface area contributed by atoms with E-state index >= 15 is 0 Å².